The van der Waals surface area contributed by atoms with E-state index in [1.54, 1.807) is 0 Å². The van der Waals surface area contributed by atoms with Crippen molar-refractivity contribution in [2.24, 2.45) is 5.73 Å². The van der Waals surface area contributed by atoms with Crippen LogP contribution in [0.25, 0.3) is 0 Å². The van der Waals surface area contributed by atoms with Gasteiger partial charge in [-0.3, -0.25) is 4.98 Å². The van der Waals surface area contributed by atoms with E-state index in [0.717, 1.165) is 24.1 Å². The molecule has 1 heterocycles. The molecule has 0 aliphatic carbocycles. The molecule has 3 heteroatoms. The first-order valence-electron chi connectivity index (χ1n) is 6.12. The molecule has 94 valence electrons. The predicted molar refractivity (Wildman–Crippen MR) is 72.4 cm³/mol. The summed E-state index contributed by atoms with van der Waals surface area (Å²) in [5.74, 6) is 0.178. The summed E-state index contributed by atoms with van der Waals surface area (Å²) in [6, 6.07) is 10.2. The zero-order valence-corrected chi connectivity index (χ0v) is 10.6. The van der Waals surface area contributed by atoms with Gasteiger partial charge in [0.2, 0.25) is 0 Å². The van der Waals surface area contributed by atoms with Crippen molar-refractivity contribution in [2.45, 2.75) is 26.3 Å². The molecule has 0 radical (unpaired) electrons. The van der Waals surface area contributed by atoms with Crippen LogP contribution in [-0.4, -0.2) is 10.1 Å². The van der Waals surface area contributed by atoms with Gasteiger partial charge in [0, 0.05) is 17.8 Å². The lowest BCUT2D eigenvalue weighted by molar-refractivity contribution is 0.465. The summed E-state index contributed by atoms with van der Waals surface area (Å²) in [6.45, 7) is 2.45. The number of aromatic nitrogens is 1. The average molecular weight is 242 g/mol. The normalized spacial score (nSPS) is 10.6. The molecule has 1 aromatic heterocycles. The highest BCUT2D eigenvalue weighted by molar-refractivity contribution is 5.32. The van der Waals surface area contributed by atoms with Gasteiger partial charge in [0.25, 0.3) is 0 Å². The van der Waals surface area contributed by atoms with Crippen LogP contribution in [0.5, 0.6) is 5.75 Å². The molecule has 0 fully saturated rings. The Kier molecular flexibility index (Phi) is 3.95. The Bertz CT molecular complexity index is 538. The number of hydrogen-bond acceptors (Lipinski definition) is 3. The molecular formula is C15H18N2O. The Morgan fingerprint density at radius 2 is 1.94 bits per heavy atom. The Labute approximate surface area is 107 Å². The predicted octanol–water partition coefficient (Wildman–Crippen LogP) is 2.34. The fraction of sp³-hybridized carbons (Fsp3) is 0.267. The fourth-order valence-corrected chi connectivity index (χ4v) is 1.99. The van der Waals surface area contributed by atoms with E-state index in [-0.39, 0.29) is 5.75 Å². The maximum atomic E-state index is 9.52. The highest BCUT2D eigenvalue weighted by Crippen LogP contribution is 2.17. The summed E-state index contributed by atoms with van der Waals surface area (Å²) >= 11 is 0. The molecular weight excluding hydrogens is 224 g/mol. The number of nitrogens with two attached hydrogens (primary N) is 1. The van der Waals surface area contributed by atoms with Gasteiger partial charge in [-0.05, 0) is 37.0 Å². The third-order valence-electron chi connectivity index (χ3n) is 3.15. The summed E-state index contributed by atoms with van der Waals surface area (Å²) in [6.07, 6.45) is 3.29. The van der Waals surface area contributed by atoms with E-state index < -0.39 is 0 Å². The first kappa shape index (κ1) is 12.6. The van der Waals surface area contributed by atoms with Crippen molar-refractivity contribution in [3.63, 3.8) is 0 Å². The van der Waals surface area contributed by atoms with Crippen LogP contribution >= 0.6 is 0 Å². The molecule has 0 atom stereocenters. The minimum absolute atomic E-state index is 0.178. The van der Waals surface area contributed by atoms with E-state index in [1.165, 1.54) is 17.3 Å². The standard InChI is InChI=1S/C15H18N2O/c1-11-4-2-3-5-12(11)6-7-14-8-13(9-16)15(18)10-17-14/h2-5,8,10,18H,6-7,9,16H2,1H3. The number of nitrogens with zero attached hydrogens (tertiary/aromatic N) is 1. The number of hydrogen-bond donors (Lipinski definition) is 2. The molecule has 3 nitrogen and oxygen atoms in total. The van der Waals surface area contributed by atoms with Crippen molar-refractivity contribution < 1.29 is 5.11 Å². The molecule has 0 amide bonds. The molecule has 0 bridgehead atoms. The van der Waals surface area contributed by atoms with E-state index in [9.17, 15) is 5.11 Å². The lowest BCUT2D eigenvalue weighted by Gasteiger charge is -2.07. The first-order valence-corrected chi connectivity index (χ1v) is 6.12. The Balaban J connectivity index is 2.09. The highest BCUT2D eigenvalue weighted by Gasteiger charge is 2.04. The smallest absolute Gasteiger partial charge is 0.138 e. The molecule has 0 unspecified atom stereocenters. The largest absolute Gasteiger partial charge is 0.506 e. The third-order valence-corrected chi connectivity index (χ3v) is 3.15. The lowest BCUT2D eigenvalue weighted by atomic mass is 10.0. The zero-order chi connectivity index (χ0) is 13.0. The van der Waals surface area contributed by atoms with Crippen LogP contribution in [0, 0.1) is 6.92 Å². The molecule has 0 saturated carbocycles. The fourth-order valence-electron chi connectivity index (χ4n) is 1.99. The Morgan fingerprint density at radius 3 is 2.67 bits per heavy atom. The average Bonchev–Trinajstić information content (AvgIpc) is 2.39. The number of aryl methyl sites for hydroxylation is 3. The van der Waals surface area contributed by atoms with Crippen LogP contribution in [0.1, 0.15) is 22.4 Å². The zero-order valence-electron chi connectivity index (χ0n) is 10.6. The van der Waals surface area contributed by atoms with E-state index in [4.69, 9.17) is 5.73 Å². The van der Waals surface area contributed by atoms with Crippen LogP contribution in [-0.2, 0) is 19.4 Å². The SMILES string of the molecule is Cc1ccccc1CCc1cc(CN)c(O)cn1. The lowest BCUT2D eigenvalue weighted by Crippen LogP contribution is -2.01. The van der Waals surface area contributed by atoms with Gasteiger partial charge in [0.1, 0.15) is 5.75 Å². The minimum atomic E-state index is 0.178. The van der Waals surface area contributed by atoms with Crippen LogP contribution in [0.4, 0.5) is 0 Å². The van der Waals surface area contributed by atoms with Crippen molar-refractivity contribution in [3.05, 3.63) is 58.9 Å². The second kappa shape index (κ2) is 5.65. The summed E-state index contributed by atoms with van der Waals surface area (Å²) in [5.41, 5.74) is 9.92. The molecule has 2 rings (SSSR count). The van der Waals surface area contributed by atoms with Gasteiger partial charge < -0.3 is 10.8 Å². The molecule has 0 spiro atoms. The minimum Gasteiger partial charge on any atom is -0.506 e. The quantitative estimate of drug-likeness (QED) is 0.865. The molecule has 18 heavy (non-hydrogen) atoms. The van der Waals surface area contributed by atoms with Crippen molar-refractivity contribution >= 4 is 0 Å². The maximum absolute atomic E-state index is 9.52. The van der Waals surface area contributed by atoms with Crippen LogP contribution < -0.4 is 5.73 Å². The second-order valence-electron chi connectivity index (χ2n) is 4.43. The van der Waals surface area contributed by atoms with Gasteiger partial charge in [-0.15, -0.1) is 0 Å². The van der Waals surface area contributed by atoms with Crippen LogP contribution in [0.3, 0.4) is 0 Å². The van der Waals surface area contributed by atoms with Gasteiger partial charge >= 0.3 is 0 Å². The van der Waals surface area contributed by atoms with Crippen molar-refractivity contribution in [2.75, 3.05) is 0 Å². The number of aromatic hydroxyl groups is 1. The van der Waals surface area contributed by atoms with Crippen molar-refractivity contribution in [1.82, 2.24) is 4.98 Å². The Morgan fingerprint density at radius 1 is 1.17 bits per heavy atom. The maximum Gasteiger partial charge on any atom is 0.138 e. The molecule has 0 aliphatic rings. The molecule has 1 aromatic carbocycles. The third kappa shape index (κ3) is 2.87. The molecule has 2 aromatic rings. The second-order valence-corrected chi connectivity index (χ2v) is 4.43. The van der Waals surface area contributed by atoms with E-state index in [1.807, 2.05) is 12.1 Å². The van der Waals surface area contributed by atoms with Gasteiger partial charge in [-0.25, -0.2) is 0 Å². The number of rotatable bonds is 4. The van der Waals surface area contributed by atoms with E-state index >= 15 is 0 Å². The van der Waals surface area contributed by atoms with Crippen LogP contribution in [0.2, 0.25) is 0 Å². The van der Waals surface area contributed by atoms with Gasteiger partial charge in [0.05, 0.1) is 6.20 Å². The number of pyridine rings is 1. The molecule has 3 N–H and O–H groups in total. The highest BCUT2D eigenvalue weighted by atomic mass is 16.3. The van der Waals surface area contributed by atoms with E-state index in [0.29, 0.717) is 6.54 Å². The van der Waals surface area contributed by atoms with Gasteiger partial charge in [-0.1, -0.05) is 24.3 Å². The summed E-state index contributed by atoms with van der Waals surface area (Å²) in [5, 5.41) is 9.52. The summed E-state index contributed by atoms with van der Waals surface area (Å²) < 4.78 is 0. The van der Waals surface area contributed by atoms with E-state index in [2.05, 4.69) is 30.1 Å². The van der Waals surface area contributed by atoms with Crippen molar-refractivity contribution in [3.8, 4) is 5.75 Å². The molecule has 0 aliphatic heterocycles. The van der Waals surface area contributed by atoms with Crippen molar-refractivity contribution in [1.29, 1.82) is 0 Å². The van der Waals surface area contributed by atoms with Crippen LogP contribution in [0.15, 0.2) is 36.5 Å². The number of benzene rings is 1. The first-order chi connectivity index (χ1) is 8.70. The topological polar surface area (TPSA) is 59.1 Å². The van der Waals surface area contributed by atoms with Gasteiger partial charge in [-0.2, -0.15) is 0 Å². The van der Waals surface area contributed by atoms with Gasteiger partial charge in [0.15, 0.2) is 0 Å². The summed E-state index contributed by atoms with van der Waals surface area (Å²) in [7, 11) is 0. The summed E-state index contributed by atoms with van der Waals surface area (Å²) in [4.78, 5) is 4.23. The Hall–Kier alpha value is -1.87. The monoisotopic (exact) mass is 242 g/mol. The molecule has 0 saturated heterocycles.